The first-order valence-corrected chi connectivity index (χ1v) is 4.90. The molecule has 0 N–H and O–H groups in total. The predicted molar refractivity (Wildman–Crippen MR) is 60.0 cm³/mol. The van der Waals surface area contributed by atoms with Crippen LogP contribution in [0.2, 0.25) is 0 Å². The summed E-state index contributed by atoms with van der Waals surface area (Å²) in [5.41, 5.74) is 2.46. The molecule has 0 aliphatic carbocycles. The largest absolute Gasteiger partial charge is 0.300 e. The summed E-state index contributed by atoms with van der Waals surface area (Å²) in [7, 11) is 0. The fraction of sp³-hybridized carbons (Fsp3) is 0.308. The molecule has 1 aromatic carbocycles. The van der Waals surface area contributed by atoms with E-state index in [0.29, 0.717) is 6.42 Å². The molecule has 0 spiro atoms. The summed E-state index contributed by atoms with van der Waals surface area (Å²) < 4.78 is 0. The van der Waals surface area contributed by atoms with Gasteiger partial charge in [-0.15, -0.1) is 0 Å². The number of hydrogen-bond donors (Lipinski definition) is 0. The lowest BCUT2D eigenvalue weighted by molar-refractivity contribution is -0.116. The summed E-state index contributed by atoms with van der Waals surface area (Å²) >= 11 is 0. The van der Waals surface area contributed by atoms with Crippen molar-refractivity contribution in [3.63, 3.8) is 0 Å². The van der Waals surface area contributed by atoms with E-state index in [2.05, 4.69) is 25.1 Å². The van der Waals surface area contributed by atoms with E-state index in [9.17, 15) is 4.79 Å². The maximum absolute atomic E-state index is 10.8. The number of rotatable bonds is 4. The van der Waals surface area contributed by atoms with Gasteiger partial charge in [0.1, 0.15) is 5.78 Å². The van der Waals surface area contributed by atoms with Crippen molar-refractivity contribution in [2.24, 2.45) is 0 Å². The number of carbonyl (C=O) groups is 1. The van der Waals surface area contributed by atoms with Crippen LogP contribution in [-0.2, 0) is 4.79 Å². The van der Waals surface area contributed by atoms with Gasteiger partial charge in [0.2, 0.25) is 0 Å². The number of carbonyl (C=O) groups excluding carboxylic acids is 1. The summed E-state index contributed by atoms with van der Waals surface area (Å²) in [6.45, 7) is 3.70. The zero-order valence-electron chi connectivity index (χ0n) is 8.79. The van der Waals surface area contributed by atoms with Crippen molar-refractivity contribution in [3.8, 4) is 0 Å². The zero-order valence-corrected chi connectivity index (χ0v) is 8.79. The van der Waals surface area contributed by atoms with Crippen molar-refractivity contribution in [1.82, 2.24) is 0 Å². The van der Waals surface area contributed by atoms with E-state index in [0.717, 1.165) is 6.42 Å². The van der Waals surface area contributed by atoms with Crippen LogP contribution in [0.1, 0.15) is 32.3 Å². The Morgan fingerprint density at radius 1 is 1.14 bits per heavy atom. The molecule has 0 atom stereocenters. The maximum atomic E-state index is 10.8. The Kier molecular flexibility index (Phi) is 4.11. The molecule has 14 heavy (non-hydrogen) atoms. The van der Waals surface area contributed by atoms with Crippen LogP contribution in [0.15, 0.2) is 35.9 Å². The number of allylic oxidation sites excluding steroid dienone is 1. The minimum atomic E-state index is 0.255. The second-order valence-electron chi connectivity index (χ2n) is 3.60. The topological polar surface area (TPSA) is 17.1 Å². The van der Waals surface area contributed by atoms with Gasteiger partial charge in [0.25, 0.3) is 0 Å². The molecule has 0 saturated carbocycles. The lowest BCUT2D eigenvalue weighted by Crippen LogP contribution is -1.89. The fourth-order valence-electron chi connectivity index (χ4n) is 1.28. The monoisotopic (exact) mass is 188 g/mol. The number of hydrogen-bond acceptors (Lipinski definition) is 1. The van der Waals surface area contributed by atoms with Crippen molar-refractivity contribution < 1.29 is 4.79 Å². The zero-order chi connectivity index (χ0) is 10.4. The Morgan fingerprint density at radius 2 is 1.79 bits per heavy atom. The van der Waals surface area contributed by atoms with Gasteiger partial charge >= 0.3 is 0 Å². The third-order valence-electron chi connectivity index (χ3n) is 2.08. The molecular formula is C13H16O. The lowest BCUT2D eigenvalue weighted by Gasteiger charge is -1.99. The molecule has 0 aromatic heterocycles. The molecular weight excluding hydrogens is 172 g/mol. The normalized spacial score (nSPS) is 11.4. The molecule has 0 saturated heterocycles. The first-order valence-electron chi connectivity index (χ1n) is 4.90. The van der Waals surface area contributed by atoms with Crippen LogP contribution in [0.5, 0.6) is 0 Å². The van der Waals surface area contributed by atoms with E-state index in [4.69, 9.17) is 0 Å². The van der Waals surface area contributed by atoms with Gasteiger partial charge in [-0.1, -0.05) is 42.0 Å². The molecule has 0 radical (unpaired) electrons. The Labute approximate surface area is 85.5 Å². The van der Waals surface area contributed by atoms with Gasteiger partial charge in [0.15, 0.2) is 0 Å². The number of Topliss-reactive ketones (excluding diaryl/α,β-unsaturated/α-hetero) is 1. The minimum Gasteiger partial charge on any atom is -0.300 e. The molecule has 0 heterocycles. The first kappa shape index (κ1) is 10.7. The molecule has 0 unspecified atom stereocenters. The van der Waals surface area contributed by atoms with Crippen molar-refractivity contribution in [2.75, 3.05) is 0 Å². The third-order valence-corrected chi connectivity index (χ3v) is 2.08. The second kappa shape index (κ2) is 5.38. The molecule has 0 bridgehead atoms. The summed E-state index contributed by atoms with van der Waals surface area (Å²) in [4.78, 5) is 10.8. The highest BCUT2D eigenvalue weighted by atomic mass is 16.1. The summed E-state index contributed by atoms with van der Waals surface area (Å²) in [6, 6.07) is 10.2. The minimum absolute atomic E-state index is 0.255. The summed E-state index contributed by atoms with van der Waals surface area (Å²) in [6.07, 6.45) is 3.64. The quantitative estimate of drug-likeness (QED) is 0.707. The van der Waals surface area contributed by atoms with Gasteiger partial charge in [-0.25, -0.2) is 0 Å². The molecule has 0 aliphatic heterocycles. The van der Waals surface area contributed by atoms with Gasteiger partial charge in [-0.05, 0) is 25.8 Å². The molecule has 0 amide bonds. The summed E-state index contributed by atoms with van der Waals surface area (Å²) in [5, 5.41) is 0. The summed E-state index contributed by atoms with van der Waals surface area (Å²) in [5.74, 6) is 0.255. The standard InChI is InChI=1S/C13H16O/c1-11(8-9-12(2)14)10-13-6-4-3-5-7-13/h3-7,10H,8-9H2,1-2H3/b11-10+. The van der Waals surface area contributed by atoms with Gasteiger partial charge in [-0.3, -0.25) is 0 Å². The van der Waals surface area contributed by atoms with Crippen molar-refractivity contribution in [2.45, 2.75) is 26.7 Å². The first-order chi connectivity index (χ1) is 6.68. The van der Waals surface area contributed by atoms with Crippen molar-refractivity contribution in [1.29, 1.82) is 0 Å². The van der Waals surface area contributed by atoms with Crippen LogP contribution in [0.4, 0.5) is 0 Å². The second-order valence-corrected chi connectivity index (χ2v) is 3.60. The van der Waals surface area contributed by atoms with Crippen molar-refractivity contribution in [3.05, 3.63) is 41.5 Å². The van der Waals surface area contributed by atoms with Gasteiger partial charge in [0, 0.05) is 6.42 Å². The Bertz CT molecular complexity index is 322. The average Bonchev–Trinajstić information content (AvgIpc) is 2.16. The predicted octanol–water partition coefficient (Wildman–Crippen LogP) is 3.46. The smallest absolute Gasteiger partial charge is 0.130 e. The van der Waals surface area contributed by atoms with Crippen LogP contribution in [0.25, 0.3) is 6.08 Å². The SMILES string of the molecule is CC(=O)CC/C(C)=C/c1ccccc1. The Morgan fingerprint density at radius 3 is 2.36 bits per heavy atom. The molecule has 0 fully saturated rings. The van der Waals surface area contributed by atoms with E-state index in [1.54, 1.807) is 6.92 Å². The molecule has 74 valence electrons. The maximum Gasteiger partial charge on any atom is 0.130 e. The van der Waals surface area contributed by atoms with E-state index < -0.39 is 0 Å². The highest BCUT2D eigenvalue weighted by molar-refractivity contribution is 5.75. The Balaban J connectivity index is 2.56. The van der Waals surface area contributed by atoms with Crippen LogP contribution in [0.3, 0.4) is 0 Å². The Hall–Kier alpha value is -1.37. The molecule has 1 heteroatoms. The highest BCUT2D eigenvalue weighted by Gasteiger charge is 1.95. The van der Waals surface area contributed by atoms with Crippen LogP contribution < -0.4 is 0 Å². The number of benzene rings is 1. The lowest BCUT2D eigenvalue weighted by atomic mass is 10.1. The van der Waals surface area contributed by atoms with Crippen LogP contribution >= 0.6 is 0 Å². The average molecular weight is 188 g/mol. The van der Waals surface area contributed by atoms with Gasteiger partial charge in [0.05, 0.1) is 0 Å². The van der Waals surface area contributed by atoms with Crippen molar-refractivity contribution >= 4 is 11.9 Å². The molecule has 1 rings (SSSR count). The van der Waals surface area contributed by atoms with E-state index in [1.807, 2.05) is 18.2 Å². The van der Waals surface area contributed by atoms with Crippen LogP contribution in [0, 0.1) is 0 Å². The number of ketones is 1. The van der Waals surface area contributed by atoms with Gasteiger partial charge < -0.3 is 4.79 Å². The van der Waals surface area contributed by atoms with Gasteiger partial charge in [-0.2, -0.15) is 0 Å². The van der Waals surface area contributed by atoms with E-state index in [-0.39, 0.29) is 5.78 Å². The molecule has 1 aromatic rings. The van der Waals surface area contributed by atoms with E-state index >= 15 is 0 Å². The fourth-order valence-corrected chi connectivity index (χ4v) is 1.28. The molecule has 1 nitrogen and oxygen atoms in total. The highest BCUT2D eigenvalue weighted by Crippen LogP contribution is 2.10. The van der Waals surface area contributed by atoms with E-state index in [1.165, 1.54) is 11.1 Å². The van der Waals surface area contributed by atoms with Crippen LogP contribution in [-0.4, -0.2) is 5.78 Å². The third kappa shape index (κ3) is 4.04. The molecule has 0 aliphatic rings.